The van der Waals surface area contributed by atoms with Crippen LogP contribution in [0.2, 0.25) is 0 Å². The number of ether oxygens (including phenoxy) is 1. The quantitative estimate of drug-likeness (QED) is 0.814. The molecule has 1 aliphatic rings. The third-order valence-electron chi connectivity index (χ3n) is 2.97. The van der Waals surface area contributed by atoms with E-state index < -0.39 is 0 Å². The number of benzene rings is 1. The van der Waals surface area contributed by atoms with E-state index >= 15 is 0 Å². The molecule has 15 heavy (non-hydrogen) atoms. The van der Waals surface area contributed by atoms with Crippen molar-refractivity contribution in [2.24, 2.45) is 0 Å². The van der Waals surface area contributed by atoms with Gasteiger partial charge in [0.1, 0.15) is 0 Å². The lowest BCUT2D eigenvalue weighted by molar-refractivity contribution is 0.110. The Morgan fingerprint density at radius 1 is 1.40 bits per heavy atom. The highest BCUT2D eigenvalue weighted by atomic mass is 16.5. The summed E-state index contributed by atoms with van der Waals surface area (Å²) in [4.78, 5) is 0. The molecule has 1 aromatic rings. The van der Waals surface area contributed by atoms with Crippen LogP contribution >= 0.6 is 0 Å². The SMILES string of the molecule is Cc1ccccc1CNCC1CCCO1. The Bertz CT molecular complexity index is 305. The molecule has 1 aromatic carbocycles. The molecular weight excluding hydrogens is 186 g/mol. The van der Waals surface area contributed by atoms with Gasteiger partial charge < -0.3 is 10.1 Å². The molecule has 0 radical (unpaired) electrons. The van der Waals surface area contributed by atoms with Crippen LogP contribution in [0.4, 0.5) is 0 Å². The van der Waals surface area contributed by atoms with Gasteiger partial charge in [0.15, 0.2) is 0 Å². The Morgan fingerprint density at radius 3 is 3.00 bits per heavy atom. The fraction of sp³-hybridized carbons (Fsp3) is 0.538. The zero-order valence-corrected chi connectivity index (χ0v) is 9.33. The normalized spacial score (nSPS) is 20.7. The lowest BCUT2D eigenvalue weighted by atomic mass is 10.1. The summed E-state index contributed by atoms with van der Waals surface area (Å²) in [5, 5.41) is 3.46. The molecule has 0 aromatic heterocycles. The van der Waals surface area contributed by atoms with Crippen LogP contribution in [0.5, 0.6) is 0 Å². The van der Waals surface area contributed by atoms with Gasteiger partial charge >= 0.3 is 0 Å². The summed E-state index contributed by atoms with van der Waals surface area (Å²) in [6.07, 6.45) is 2.87. The van der Waals surface area contributed by atoms with E-state index in [2.05, 4.69) is 36.5 Å². The molecule has 1 saturated heterocycles. The number of nitrogens with one attached hydrogen (secondary N) is 1. The fourth-order valence-electron chi connectivity index (χ4n) is 1.98. The van der Waals surface area contributed by atoms with Gasteiger partial charge in [-0.1, -0.05) is 24.3 Å². The van der Waals surface area contributed by atoms with E-state index in [0.29, 0.717) is 6.10 Å². The highest BCUT2D eigenvalue weighted by Crippen LogP contribution is 2.11. The van der Waals surface area contributed by atoms with Crippen molar-refractivity contribution in [3.8, 4) is 0 Å². The zero-order chi connectivity index (χ0) is 10.5. The van der Waals surface area contributed by atoms with E-state index in [4.69, 9.17) is 4.74 Å². The number of hydrogen-bond acceptors (Lipinski definition) is 2. The molecule has 1 heterocycles. The molecule has 1 fully saturated rings. The van der Waals surface area contributed by atoms with E-state index in [0.717, 1.165) is 19.7 Å². The molecular formula is C13H19NO. The van der Waals surface area contributed by atoms with Crippen LogP contribution < -0.4 is 5.32 Å². The van der Waals surface area contributed by atoms with E-state index in [9.17, 15) is 0 Å². The highest BCUT2D eigenvalue weighted by molar-refractivity contribution is 5.25. The average molecular weight is 205 g/mol. The summed E-state index contributed by atoms with van der Waals surface area (Å²) in [6.45, 7) is 5.03. The standard InChI is InChI=1S/C13H19NO/c1-11-5-2-3-6-12(11)9-14-10-13-7-4-8-15-13/h2-3,5-6,13-14H,4,7-10H2,1H3. The van der Waals surface area contributed by atoms with Crippen LogP contribution in [0, 0.1) is 6.92 Å². The van der Waals surface area contributed by atoms with Crippen molar-refractivity contribution in [3.63, 3.8) is 0 Å². The van der Waals surface area contributed by atoms with Gasteiger partial charge in [-0.3, -0.25) is 0 Å². The first kappa shape index (κ1) is 10.7. The first-order valence-corrected chi connectivity index (χ1v) is 5.73. The van der Waals surface area contributed by atoms with Gasteiger partial charge in [-0.2, -0.15) is 0 Å². The van der Waals surface area contributed by atoms with Crippen LogP contribution in [0.15, 0.2) is 24.3 Å². The van der Waals surface area contributed by atoms with Crippen LogP contribution in [0.1, 0.15) is 24.0 Å². The molecule has 82 valence electrons. The predicted octanol–water partition coefficient (Wildman–Crippen LogP) is 2.26. The van der Waals surface area contributed by atoms with Crippen molar-refractivity contribution in [1.29, 1.82) is 0 Å². The van der Waals surface area contributed by atoms with Gasteiger partial charge in [-0.15, -0.1) is 0 Å². The Kier molecular flexibility index (Phi) is 3.75. The lowest BCUT2D eigenvalue weighted by Crippen LogP contribution is -2.26. The van der Waals surface area contributed by atoms with E-state index in [1.165, 1.54) is 24.0 Å². The smallest absolute Gasteiger partial charge is 0.0700 e. The topological polar surface area (TPSA) is 21.3 Å². The maximum atomic E-state index is 5.56. The van der Waals surface area contributed by atoms with Crippen molar-refractivity contribution < 1.29 is 4.74 Å². The van der Waals surface area contributed by atoms with Crippen LogP contribution in [-0.2, 0) is 11.3 Å². The molecule has 2 rings (SSSR count). The minimum Gasteiger partial charge on any atom is -0.377 e. The first-order chi connectivity index (χ1) is 7.36. The van der Waals surface area contributed by atoms with E-state index in [-0.39, 0.29) is 0 Å². The lowest BCUT2D eigenvalue weighted by Gasteiger charge is -2.11. The zero-order valence-electron chi connectivity index (χ0n) is 9.33. The van der Waals surface area contributed by atoms with Crippen molar-refractivity contribution >= 4 is 0 Å². The van der Waals surface area contributed by atoms with Gasteiger partial charge in [0.25, 0.3) is 0 Å². The number of hydrogen-bond donors (Lipinski definition) is 1. The molecule has 0 aliphatic carbocycles. The average Bonchev–Trinajstić information content (AvgIpc) is 2.74. The fourth-order valence-corrected chi connectivity index (χ4v) is 1.98. The number of rotatable bonds is 4. The molecule has 0 bridgehead atoms. The number of aryl methyl sites for hydroxylation is 1. The van der Waals surface area contributed by atoms with Gasteiger partial charge in [0, 0.05) is 19.7 Å². The summed E-state index contributed by atoms with van der Waals surface area (Å²) < 4.78 is 5.56. The summed E-state index contributed by atoms with van der Waals surface area (Å²) in [5.74, 6) is 0. The largest absolute Gasteiger partial charge is 0.377 e. The van der Waals surface area contributed by atoms with Crippen molar-refractivity contribution in [3.05, 3.63) is 35.4 Å². The summed E-state index contributed by atoms with van der Waals surface area (Å²) >= 11 is 0. The van der Waals surface area contributed by atoms with Gasteiger partial charge in [-0.05, 0) is 30.9 Å². The Balaban J connectivity index is 1.75. The summed E-state index contributed by atoms with van der Waals surface area (Å²) in [5.41, 5.74) is 2.74. The molecule has 2 nitrogen and oxygen atoms in total. The molecule has 1 N–H and O–H groups in total. The van der Waals surface area contributed by atoms with E-state index in [1.807, 2.05) is 0 Å². The van der Waals surface area contributed by atoms with Crippen LogP contribution in [0.25, 0.3) is 0 Å². The van der Waals surface area contributed by atoms with Crippen molar-refractivity contribution in [2.75, 3.05) is 13.2 Å². The minimum atomic E-state index is 0.439. The molecule has 0 amide bonds. The van der Waals surface area contributed by atoms with Gasteiger partial charge in [-0.25, -0.2) is 0 Å². The van der Waals surface area contributed by atoms with Gasteiger partial charge in [0.2, 0.25) is 0 Å². The molecule has 2 heteroatoms. The second-order valence-corrected chi connectivity index (χ2v) is 4.19. The third-order valence-corrected chi connectivity index (χ3v) is 2.97. The Labute approximate surface area is 91.6 Å². The summed E-state index contributed by atoms with van der Waals surface area (Å²) in [6, 6.07) is 8.51. The van der Waals surface area contributed by atoms with E-state index in [1.54, 1.807) is 0 Å². The second kappa shape index (κ2) is 5.29. The minimum absolute atomic E-state index is 0.439. The maximum absolute atomic E-state index is 5.56. The van der Waals surface area contributed by atoms with Crippen LogP contribution in [-0.4, -0.2) is 19.3 Å². The van der Waals surface area contributed by atoms with Crippen LogP contribution in [0.3, 0.4) is 0 Å². The molecule has 0 saturated carbocycles. The van der Waals surface area contributed by atoms with Gasteiger partial charge in [0.05, 0.1) is 6.10 Å². The Morgan fingerprint density at radius 2 is 2.27 bits per heavy atom. The van der Waals surface area contributed by atoms with Crippen molar-refractivity contribution in [1.82, 2.24) is 5.32 Å². The summed E-state index contributed by atoms with van der Waals surface area (Å²) in [7, 11) is 0. The monoisotopic (exact) mass is 205 g/mol. The highest BCUT2D eigenvalue weighted by Gasteiger charge is 2.14. The second-order valence-electron chi connectivity index (χ2n) is 4.19. The molecule has 1 atom stereocenters. The molecule has 0 spiro atoms. The third kappa shape index (κ3) is 3.05. The predicted molar refractivity (Wildman–Crippen MR) is 61.9 cm³/mol. The molecule has 1 aliphatic heterocycles. The molecule has 1 unspecified atom stereocenters. The van der Waals surface area contributed by atoms with Crippen molar-refractivity contribution in [2.45, 2.75) is 32.4 Å². The first-order valence-electron chi connectivity index (χ1n) is 5.73. The Hall–Kier alpha value is -0.860. The maximum Gasteiger partial charge on any atom is 0.0700 e.